The Morgan fingerprint density at radius 3 is 2.79 bits per heavy atom. The van der Waals surface area contributed by atoms with E-state index in [9.17, 15) is 19.9 Å². The summed E-state index contributed by atoms with van der Waals surface area (Å²) in [6.07, 6.45) is 3.62. The molecule has 5 N–H and O–H groups in total. The van der Waals surface area contributed by atoms with E-state index in [4.69, 9.17) is 18.0 Å². The number of fused-ring (bicyclic) bond motifs is 1. The lowest BCUT2D eigenvalue weighted by atomic mass is 10.0. The van der Waals surface area contributed by atoms with Crippen LogP contribution in [0.25, 0.3) is 0 Å². The van der Waals surface area contributed by atoms with Crippen LogP contribution in [0.1, 0.15) is 11.1 Å². The van der Waals surface area contributed by atoms with E-state index in [2.05, 4.69) is 10.3 Å². The maximum absolute atomic E-state index is 12.9. The number of thioether (sulfide) groups is 2. The number of aliphatic imine (C=N–C) groups is 1. The summed E-state index contributed by atoms with van der Waals surface area (Å²) in [4.78, 5) is 31.0. The molecule has 1 fully saturated rings. The highest BCUT2D eigenvalue weighted by molar-refractivity contribution is 8.14. The zero-order valence-electron chi connectivity index (χ0n) is 17.5. The van der Waals surface area contributed by atoms with Crippen LogP contribution in [0.15, 0.2) is 52.8 Å². The highest BCUT2D eigenvalue weighted by Crippen LogP contribution is 2.41. The number of carboxylic acid groups (broad SMARTS) is 1. The van der Waals surface area contributed by atoms with Crippen molar-refractivity contribution in [2.45, 2.75) is 24.4 Å². The smallest absolute Gasteiger partial charge is 0.352 e. The first-order chi connectivity index (χ1) is 15.9. The monoisotopic (exact) mass is 505 g/mol. The van der Waals surface area contributed by atoms with Gasteiger partial charge in [-0.25, -0.2) is 9.86 Å². The molecule has 0 spiro atoms. The molecule has 174 valence electrons. The molecule has 33 heavy (non-hydrogen) atoms. The maximum atomic E-state index is 12.9. The molecule has 1 aromatic rings. The predicted molar refractivity (Wildman–Crippen MR) is 133 cm³/mol. The molecule has 0 bridgehead atoms. The van der Waals surface area contributed by atoms with Gasteiger partial charge in [0.1, 0.15) is 23.8 Å². The van der Waals surface area contributed by atoms with Gasteiger partial charge in [-0.3, -0.25) is 19.9 Å². The van der Waals surface area contributed by atoms with Crippen molar-refractivity contribution in [1.82, 2.24) is 15.3 Å². The number of carbonyl (C=O) groups is 2. The Morgan fingerprint density at radius 1 is 1.36 bits per heavy atom. The molecule has 12 heteroatoms. The minimum Gasteiger partial charge on any atom is -0.477 e. The number of hydroxylamine groups is 2. The summed E-state index contributed by atoms with van der Waals surface area (Å²) in [7, 11) is 0. The largest absolute Gasteiger partial charge is 0.477 e. The number of nitrogens with zero attached hydrogens (tertiary/aromatic N) is 3. The van der Waals surface area contributed by atoms with Gasteiger partial charge >= 0.3 is 5.97 Å². The lowest BCUT2D eigenvalue weighted by Crippen LogP contribution is -2.70. The van der Waals surface area contributed by atoms with Gasteiger partial charge in [0.15, 0.2) is 0 Å². The summed E-state index contributed by atoms with van der Waals surface area (Å²) in [5.74, 6) is -0.531. The molecular formula is C21H23N5O4S3. The van der Waals surface area contributed by atoms with Crippen LogP contribution in [-0.4, -0.2) is 71.8 Å². The maximum Gasteiger partial charge on any atom is 0.352 e. The minimum atomic E-state index is -1.12. The fourth-order valence-electron chi connectivity index (χ4n) is 3.77. The number of nitrogens with two attached hydrogens (primary N) is 1. The van der Waals surface area contributed by atoms with Crippen molar-refractivity contribution in [1.29, 1.82) is 0 Å². The van der Waals surface area contributed by atoms with E-state index in [1.807, 2.05) is 24.3 Å². The molecule has 3 aliphatic heterocycles. The number of carboxylic acids is 1. The molecule has 3 aliphatic rings. The summed E-state index contributed by atoms with van der Waals surface area (Å²) >= 11 is 8.39. The second-order valence-corrected chi connectivity index (χ2v) is 10.1. The molecule has 0 saturated carbocycles. The zero-order chi connectivity index (χ0) is 23.5. The Labute approximate surface area is 204 Å². The molecule has 0 aliphatic carbocycles. The van der Waals surface area contributed by atoms with Gasteiger partial charge in [0.05, 0.1) is 10.0 Å². The number of nitrogens with one attached hydrogen (secondary N) is 1. The number of amides is 1. The SMILES string of the molecule is NCc1ccccc1CC(=S)NC1C(=O)N2C(C(=O)O)=C(CSC3=NCN(O)C=C3)CS[C@H]12. The first-order valence-electron chi connectivity index (χ1n) is 10.2. The van der Waals surface area contributed by atoms with Crippen molar-refractivity contribution in [3.63, 3.8) is 0 Å². The van der Waals surface area contributed by atoms with Crippen molar-refractivity contribution in [3.05, 3.63) is 58.9 Å². The number of rotatable bonds is 7. The Kier molecular flexibility index (Phi) is 7.39. The third-order valence-corrected chi connectivity index (χ3v) is 8.07. The van der Waals surface area contributed by atoms with Crippen LogP contribution in [0.3, 0.4) is 0 Å². The van der Waals surface area contributed by atoms with Crippen molar-refractivity contribution in [2.75, 3.05) is 18.2 Å². The highest BCUT2D eigenvalue weighted by Gasteiger charge is 2.53. The summed E-state index contributed by atoms with van der Waals surface area (Å²) in [5, 5.41) is 23.6. The van der Waals surface area contributed by atoms with Gasteiger partial charge in [0.2, 0.25) is 0 Å². The lowest BCUT2D eigenvalue weighted by Gasteiger charge is -2.49. The molecule has 9 nitrogen and oxygen atoms in total. The number of hydrogen-bond acceptors (Lipinski definition) is 9. The van der Waals surface area contributed by atoms with Crippen LogP contribution >= 0.6 is 35.7 Å². The Bertz CT molecular complexity index is 1070. The number of hydrogen-bond donors (Lipinski definition) is 4. The highest BCUT2D eigenvalue weighted by atomic mass is 32.2. The second kappa shape index (κ2) is 10.3. The first-order valence-corrected chi connectivity index (χ1v) is 12.6. The number of aliphatic carboxylic acids is 1. The molecule has 3 heterocycles. The molecule has 1 aromatic carbocycles. The van der Waals surface area contributed by atoms with E-state index in [0.29, 0.717) is 40.1 Å². The lowest BCUT2D eigenvalue weighted by molar-refractivity contribution is -0.148. The van der Waals surface area contributed by atoms with Crippen molar-refractivity contribution >= 4 is 57.7 Å². The van der Waals surface area contributed by atoms with Crippen molar-refractivity contribution in [2.24, 2.45) is 10.7 Å². The molecule has 4 rings (SSSR count). The average Bonchev–Trinajstić information content (AvgIpc) is 2.81. The van der Waals surface area contributed by atoms with Crippen LogP contribution in [-0.2, 0) is 22.6 Å². The fraction of sp³-hybridized carbons (Fsp3) is 0.333. The molecule has 0 radical (unpaired) electrons. The van der Waals surface area contributed by atoms with Crippen molar-refractivity contribution < 1.29 is 19.9 Å². The molecule has 0 aromatic heterocycles. The number of β-lactam (4-membered cyclic amide) rings is 1. The van der Waals surface area contributed by atoms with Gasteiger partial charge in [0.25, 0.3) is 5.91 Å². The van der Waals surface area contributed by atoms with E-state index >= 15 is 0 Å². The Balaban J connectivity index is 1.41. The average molecular weight is 506 g/mol. The molecule has 2 atom stereocenters. The van der Waals surface area contributed by atoms with E-state index in [1.54, 1.807) is 6.08 Å². The van der Waals surface area contributed by atoms with E-state index < -0.39 is 12.0 Å². The van der Waals surface area contributed by atoms with Gasteiger partial charge in [-0.05, 0) is 22.8 Å². The van der Waals surface area contributed by atoms with Gasteiger partial charge in [-0.2, -0.15) is 0 Å². The van der Waals surface area contributed by atoms with Gasteiger partial charge in [0, 0.05) is 30.7 Å². The standard InChI is InChI=1S/C21H23N5O4S3/c22-8-13-4-2-1-3-12(13)7-15(31)24-17-19(27)26-18(21(28)29)14(10-33-20(17)26)9-32-16-5-6-25(30)11-23-16/h1-6,17,20,30H,7-11,22H2,(H,24,31)(H,28,29)/t17?,20-/m1/s1. The summed E-state index contributed by atoms with van der Waals surface area (Å²) in [6.45, 7) is 0.537. The molecule has 1 saturated heterocycles. The van der Waals surface area contributed by atoms with Crippen LogP contribution in [0, 0.1) is 0 Å². The Hall–Kier alpha value is -2.38. The molecular weight excluding hydrogens is 482 g/mol. The Morgan fingerprint density at radius 2 is 2.12 bits per heavy atom. The van der Waals surface area contributed by atoms with Gasteiger partial charge in [-0.1, -0.05) is 36.5 Å². The summed E-state index contributed by atoms with van der Waals surface area (Å²) < 4.78 is 0. The van der Waals surface area contributed by atoms with Crippen LogP contribution < -0.4 is 11.1 Å². The van der Waals surface area contributed by atoms with Crippen LogP contribution in [0.4, 0.5) is 0 Å². The zero-order valence-corrected chi connectivity index (χ0v) is 20.0. The van der Waals surface area contributed by atoms with Crippen LogP contribution in [0.2, 0.25) is 0 Å². The van der Waals surface area contributed by atoms with Gasteiger partial charge in [-0.15, -0.1) is 23.5 Å². The van der Waals surface area contributed by atoms with E-state index in [-0.39, 0.29) is 23.6 Å². The summed E-state index contributed by atoms with van der Waals surface area (Å²) in [5.41, 5.74) is 8.51. The third kappa shape index (κ3) is 5.09. The summed E-state index contributed by atoms with van der Waals surface area (Å²) in [6, 6.07) is 7.19. The first kappa shape index (κ1) is 23.8. The normalized spacial score (nSPS) is 22.0. The minimum absolute atomic E-state index is 0.0397. The second-order valence-electron chi connectivity index (χ2n) is 7.54. The van der Waals surface area contributed by atoms with Crippen LogP contribution in [0.5, 0.6) is 0 Å². The number of carbonyl (C=O) groups excluding carboxylic acids is 1. The van der Waals surface area contributed by atoms with E-state index in [1.165, 1.54) is 34.6 Å². The predicted octanol–water partition coefficient (Wildman–Crippen LogP) is 1.53. The molecule has 1 unspecified atom stereocenters. The number of benzene rings is 1. The third-order valence-electron chi connectivity index (χ3n) is 5.41. The van der Waals surface area contributed by atoms with Gasteiger partial charge < -0.3 is 16.2 Å². The van der Waals surface area contributed by atoms with Crippen molar-refractivity contribution in [3.8, 4) is 0 Å². The number of thiocarbonyl (C=S) groups is 1. The molecule has 1 amide bonds. The topological polar surface area (TPSA) is 131 Å². The fourth-order valence-corrected chi connectivity index (χ4v) is 6.39. The quantitative estimate of drug-likeness (QED) is 0.320. The van der Waals surface area contributed by atoms with E-state index in [0.717, 1.165) is 16.2 Å².